The molecule has 0 fully saturated rings. The van der Waals surface area contributed by atoms with Crippen LogP contribution in [0.2, 0.25) is 0 Å². The predicted octanol–water partition coefficient (Wildman–Crippen LogP) is 23.9. The molecule has 6 heteroatoms. The fourth-order valence-electron chi connectivity index (χ4n) is 12.9. The van der Waals surface area contributed by atoms with Crippen LogP contribution in [-0.4, -0.2) is 4.57 Å². The molecule has 0 unspecified atom stereocenters. The van der Waals surface area contributed by atoms with Crippen molar-refractivity contribution in [2.24, 2.45) is 0 Å². The molecule has 0 radical (unpaired) electrons. The van der Waals surface area contributed by atoms with Crippen molar-refractivity contribution in [3.63, 3.8) is 0 Å². The van der Waals surface area contributed by atoms with Gasteiger partial charge in [0.1, 0.15) is 11.2 Å². The maximum Gasteiger partial charge on any atom is 0.143 e. The largest absolute Gasteiger partial charge is 0.455 e. The molecule has 2 aromatic heterocycles. The molecule has 0 N–H and O–H groups in total. The fraction of sp³-hybridized carbons (Fsp3) is 0. The summed E-state index contributed by atoms with van der Waals surface area (Å²) in [5.74, 6) is 0. The zero-order chi connectivity index (χ0) is 59.7. The Hall–Kier alpha value is -12.1. The predicted molar refractivity (Wildman–Crippen MR) is 378 cm³/mol. The molecule has 16 aromatic rings. The highest BCUT2D eigenvalue weighted by molar-refractivity contribution is 6.10. The first kappa shape index (κ1) is 53.4. The minimum absolute atomic E-state index is 0.891. The van der Waals surface area contributed by atoms with Crippen LogP contribution in [-0.2, 0) is 0 Å². The Kier molecular flexibility index (Phi) is 13.8. The van der Waals surface area contributed by atoms with Gasteiger partial charge in [-0.05, 0) is 193 Å². The molecule has 0 aliphatic carbocycles. The van der Waals surface area contributed by atoms with Crippen molar-refractivity contribution in [3.05, 3.63) is 358 Å². The van der Waals surface area contributed by atoms with Gasteiger partial charge in [0.15, 0.2) is 0 Å². The van der Waals surface area contributed by atoms with E-state index in [2.05, 4.69) is 370 Å². The van der Waals surface area contributed by atoms with Gasteiger partial charge in [0.2, 0.25) is 0 Å². The monoisotopic (exact) mass is 1150 g/mol. The van der Waals surface area contributed by atoms with Crippen LogP contribution in [0.1, 0.15) is 0 Å². The van der Waals surface area contributed by atoms with Crippen molar-refractivity contribution < 1.29 is 4.42 Å². The Morgan fingerprint density at radius 3 is 0.856 bits per heavy atom. The minimum atomic E-state index is 0.891. The molecular formula is C84H59N5O. The molecule has 2 heterocycles. The maximum absolute atomic E-state index is 6.51. The van der Waals surface area contributed by atoms with Gasteiger partial charge >= 0.3 is 0 Å². The third-order valence-electron chi connectivity index (χ3n) is 17.2. The van der Waals surface area contributed by atoms with Gasteiger partial charge in [-0.2, -0.15) is 0 Å². The highest BCUT2D eigenvalue weighted by Crippen LogP contribution is 2.44. The number of rotatable bonds is 15. The molecule has 0 bridgehead atoms. The van der Waals surface area contributed by atoms with Gasteiger partial charge in [-0.15, -0.1) is 0 Å². The van der Waals surface area contributed by atoms with Gasteiger partial charge in [0.25, 0.3) is 0 Å². The Balaban J connectivity index is 0.750. The van der Waals surface area contributed by atoms with Gasteiger partial charge in [-0.25, -0.2) is 0 Å². The average Bonchev–Trinajstić information content (AvgIpc) is 1.66. The second-order valence-electron chi connectivity index (χ2n) is 22.5. The summed E-state index contributed by atoms with van der Waals surface area (Å²) in [6.45, 7) is 0. The Morgan fingerprint density at radius 2 is 0.478 bits per heavy atom. The van der Waals surface area contributed by atoms with E-state index < -0.39 is 0 Å². The van der Waals surface area contributed by atoms with Crippen LogP contribution in [0, 0.1) is 0 Å². The average molecular weight is 1150 g/mol. The van der Waals surface area contributed by atoms with E-state index in [1.807, 2.05) is 12.1 Å². The molecule has 90 heavy (non-hydrogen) atoms. The molecule has 0 saturated carbocycles. The van der Waals surface area contributed by atoms with Crippen LogP contribution in [0.15, 0.2) is 362 Å². The first-order chi connectivity index (χ1) is 44.6. The molecule has 14 aromatic carbocycles. The minimum Gasteiger partial charge on any atom is -0.455 e. The maximum atomic E-state index is 6.51. The number of fused-ring (bicyclic) bond motifs is 6. The highest BCUT2D eigenvalue weighted by Gasteiger charge is 2.21. The van der Waals surface area contributed by atoms with Gasteiger partial charge in [0.05, 0.1) is 11.0 Å². The van der Waals surface area contributed by atoms with Crippen LogP contribution >= 0.6 is 0 Å². The number of nitrogens with zero attached hydrogens (tertiary/aromatic N) is 5. The van der Waals surface area contributed by atoms with Crippen LogP contribution in [0.3, 0.4) is 0 Å². The van der Waals surface area contributed by atoms with Crippen molar-refractivity contribution in [2.45, 2.75) is 0 Å². The van der Waals surface area contributed by atoms with E-state index in [0.29, 0.717) is 0 Å². The summed E-state index contributed by atoms with van der Waals surface area (Å²) in [5.41, 5.74) is 22.4. The molecule has 0 aliphatic rings. The van der Waals surface area contributed by atoms with E-state index >= 15 is 0 Å². The summed E-state index contributed by atoms with van der Waals surface area (Å²) in [7, 11) is 0. The zero-order valence-electron chi connectivity index (χ0n) is 49.2. The number of para-hydroxylation sites is 8. The van der Waals surface area contributed by atoms with E-state index in [0.717, 1.165) is 118 Å². The van der Waals surface area contributed by atoms with E-state index in [1.165, 1.54) is 21.8 Å². The number of hydrogen-bond donors (Lipinski definition) is 0. The number of anilines is 12. The molecule has 16 rings (SSSR count). The summed E-state index contributed by atoms with van der Waals surface area (Å²) < 4.78 is 8.88. The van der Waals surface area contributed by atoms with Crippen molar-refractivity contribution in [1.82, 2.24) is 4.57 Å². The number of aromatic nitrogens is 1. The first-order valence-corrected chi connectivity index (χ1v) is 30.6. The Bertz CT molecular complexity index is 4870. The summed E-state index contributed by atoms with van der Waals surface area (Å²) in [6.07, 6.45) is 0. The molecule has 0 amide bonds. The molecule has 426 valence electrons. The van der Waals surface area contributed by atoms with Crippen molar-refractivity contribution in [1.29, 1.82) is 0 Å². The van der Waals surface area contributed by atoms with Crippen molar-refractivity contribution >= 4 is 112 Å². The van der Waals surface area contributed by atoms with Crippen molar-refractivity contribution in [2.75, 3.05) is 19.6 Å². The van der Waals surface area contributed by atoms with Gasteiger partial charge in [-0.1, -0.05) is 182 Å². The summed E-state index contributed by atoms with van der Waals surface area (Å²) in [6, 6.07) is 128. The molecule has 0 spiro atoms. The topological polar surface area (TPSA) is 31.0 Å². The normalized spacial score (nSPS) is 11.3. The first-order valence-electron chi connectivity index (χ1n) is 30.6. The highest BCUT2D eigenvalue weighted by atomic mass is 16.3. The zero-order valence-corrected chi connectivity index (χ0v) is 49.2. The van der Waals surface area contributed by atoms with E-state index in [1.54, 1.807) is 0 Å². The summed E-state index contributed by atoms with van der Waals surface area (Å²) >= 11 is 0. The molecule has 0 aliphatic heterocycles. The second kappa shape index (κ2) is 23.3. The summed E-state index contributed by atoms with van der Waals surface area (Å²) in [4.78, 5) is 9.29. The number of hydrogen-bond acceptors (Lipinski definition) is 5. The number of benzene rings is 14. The second-order valence-corrected chi connectivity index (χ2v) is 22.5. The standard InChI is InChI=1S/C84H59N5O/c1-5-20-63(21-6-1)85(64-22-7-2-8-23-64)70-48-52-72(53-49-70)88(73-54-50-71(51-55-73)86(65-24-9-3-10-25-65)66-26-11-4-12-27-66)68-44-38-61(39-45-68)60-36-42-67(43-37-60)87(69-46-40-62(41-47-69)76-31-19-32-80-79-30-15-18-35-83(79)90-84(76)80)74-56-58-75(59-57-74)89-81-33-16-13-28-77(81)78-29-14-17-34-82(78)89/h1-59H. The van der Waals surface area contributed by atoms with E-state index in [9.17, 15) is 0 Å². The SMILES string of the molecule is c1ccc(N(c2ccccc2)c2ccc(N(c3ccc(-c4ccc(N(c5ccc(-c6cccc7c6oc6ccccc67)cc5)c5ccc(-n6c7ccccc7c7ccccc76)cc5)cc4)cc3)c3ccc(N(c4ccccc4)c4ccccc4)cc3)cc2)cc1. The van der Waals surface area contributed by atoms with Crippen LogP contribution < -0.4 is 19.6 Å². The van der Waals surface area contributed by atoms with Gasteiger partial charge in [0, 0.05) is 101 Å². The van der Waals surface area contributed by atoms with E-state index in [4.69, 9.17) is 4.42 Å². The Labute approximate surface area is 523 Å². The lowest BCUT2D eigenvalue weighted by Crippen LogP contribution is -2.13. The van der Waals surface area contributed by atoms with Crippen LogP contribution in [0.5, 0.6) is 0 Å². The van der Waals surface area contributed by atoms with Gasteiger partial charge in [-0.3, -0.25) is 0 Å². The third-order valence-corrected chi connectivity index (χ3v) is 17.2. The molecular weight excluding hydrogens is 1090 g/mol. The quantitative estimate of drug-likeness (QED) is 0.102. The lowest BCUT2D eigenvalue weighted by atomic mass is 10.0. The molecule has 0 atom stereocenters. The Morgan fingerprint density at radius 1 is 0.200 bits per heavy atom. The lowest BCUT2D eigenvalue weighted by molar-refractivity contribution is 0.670. The fourth-order valence-corrected chi connectivity index (χ4v) is 12.9. The molecule has 0 saturated heterocycles. The third kappa shape index (κ3) is 9.94. The van der Waals surface area contributed by atoms with Crippen LogP contribution in [0.25, 0.3) is 71.7 Å². The lowest BCUT2D eigenvalue weighted by Gasteiger charge is -2.29. The van der Waals surface area contributed by atoms with E-state index in [-0.39, 0.29) is 0 Å². The van der Waals surface area contributed by atoms with Gasteiger partial charge < -0.3 is 28.6 Å². The summed E-state index contributed by atoms with van der Waals surface area (Å²) in [5, 5.41) is 4.72. The smallest absolute Gasteiger partial charge is 0.143 e. The van der Waals surface area contributed by atoms with Crippen LogP contribution in [0.4, 0.5) is 68.2 Å². The molecule has 6 nitrogen and oxygen atoms in total. The van der Waals surface area contributed by atoms with Crippen molar-refractivity contribution in [3.8, 4) is 27.9 Å². The number of furan rings is 1.